The van der Waals surface area contributed by atoms with Gasteiger partial charge in [-0.3, -0.25) is 0 Å². The zero-order valence-corrected chi connectivity index (χ0v) is 13.4. The van der Waals surface area contributed by atoms with Crippen LogP contribution in [0.4, 0.5) is 4.39 Å². The Morgan fingerprint density at radius 3 is 2.76 bits per heavy atom. The molecule has 1 aliphatic rings. The van der Waals surface area contributed by atoms with Gasteiger partial charge in [0.05, 0.1) is 13.2 Å². The minimum absolute atomic E-state index is 0.0894. The van der Waals surface area contributed by atoms with Crippen molar-refractivity contribution in [3.63, 3.8) is 0 Å². The number of likely N-dealkylation sites (N-methyl/N-ethyl adjacent to an activating group) is 1. The summed E-state index contributed by atoms with van der Waals surface area (Å²) in [6.07, 6.45) is 0.620. The van der Waals surface area contributed by atoms with Crippen molar-refractivity contribution in [2.45, 2.75) is 25.7 Å². The predicted octanol–water partition coefficient (Wildman–Crippen LogP) is 4.12. The van der Waals surface area contributed by atoms with Crippen LogP contribution in [0.2, 0.25) is 0 Å². The number of hydrogen-bond donors (Lipinski definition) is 1. The van der Waals surface area contributed by atoms with Gasteiger partial charge in [0.1, 0.15) is 5.82 Å². The molecule has 0 saturated carbocycles. The van der Waals surface area contributed by atoms with E-state index in [4.69, 9.17) is 4.74 Å². The van der Waals surface area contributed by atoms with Crippen molar-refractivity contribution in [1.82, 2.24) is 5.32 Å². The molecule has 1 aliphatic heterocycles. The Hall–Kier alpha value is -1.23. The quantitative estimate of drug-likeness (QED) is 0.896. The Labute approximate surface area is 132 Å². The highest BCUT2D eigenvalue weighted by Gasteiger charge is 2.17. The maximum Gasteiger partial charge on any atom is 0.127 e. The lowest BCUT2D eigenvalue weighted by Gasteiger charge is -2.18. The summed E-state index contributed by atoms with van der Waals surface area (Å²) in [5, 5.41) is 3.28. The van der Waals surface area contributed by atoms with Gasteiger partial charge in [0.2, 0.25) is 0 Å². The average Bonchev–Trinajstić information content (AvgIpc) is 2.94. The van der Waals surface area contributed by atoms with Gasteiger partial charge in [0.25, 0.3) is 0 Å². The Kier molecular flexibility index (Phi) is 4.38. The van der Waals surface area contributed by atoms with Crippen LogP contribution in [0.5, 0.6) is 0 Å². The van der Waals surface area contributed by atoms with E-state index in [1.807, 2.05) is 19.2 Å². The van der Waals surface area contributed by atoms with Gasteiger partial charge in [0, 0.05) is 10.5 Å². The first-order chi connectivity index (χ1) is 10.2. The number of rotatable bonds is 4. The van der Waals surface area contributed by atoms with Crippen LogP contribution in [-0.2, 0) is 24.4 Å². The van der Waals surface area contributed by atoms with Crippen LogP contribution >= 0.6 is 15.9 Å². The van der Waals surface area contributed by atoms with Crippen LogP contribution in [0.3, 0.4) is 0 Å². The van der Waals surface area contributed by atoms with E-state index in [0.29, 0.717) is 25.2 Å². The Morgan fingerprint density at radius 2 is 2.00 bits per heavy atom. The summed E-state index contributed by atoms with van der Waals surface area (Å²) in [6.45, 7) is 1.37. The smallest absolute Gasteiger partial charge is 0.127 e. The summed E-state index contributed by atoms with van der Waals surface area (Å²) >= 11 is 3.29. The van der Waals surface area contributed by atoms with Gasteiger partial charge >= 0.3 is 0 Å². The summed E-state index contributed by atoms with van der Waals surface area (Å²) in [5.41, 5.74) is 4.38. The van der Waals surface area contributed by atoms with Crippen LogP contribution in [0.1, 0.15) is 28.3 Å². The number of benzene rings is 2. The lowest BCUT2D eigenvalue weighted by molar-refractivity contribution is 0.134. The first-order valence-corrected chi connectivity index (χ1v) is 7.77. The number of hydrogen-bond acceptors (Lipinski definition) is 2. The second kappa shape index (κ2) is 6.26. The number of nitrogens with one attached hydrogen (secondary N) is 1. The van der Waals surface area contributed by atoms with Gasteiger partial charge in [-0.25, -0.2) is 4.39 Å². The van der Waals surface area contributed by atoms with Gasteiger partial charge in [-0.05, 0) is 47.9 Å². The molecule has 4 heteroatoms. The monoisotopic (exact) mass is 349 g/mol. The zero-order valence-electron chi connectivity index (χ0n) is 11.8. The standard InChI is InChI=1S/C17H17BrFNO/c1-20-17(7-11-4-5-15(18)8-16(11)19)12-2-3-13-9-21-10-14(13)6-12/h2-6,8,17,20H,7,9-10H2,1H3. The van der Waals surface area contributed by atoms with E-state index in [-0.39, 0.29) is 11.9 Å². The van der Waals surface area contributed by atoms with Crippen molar-refractivity contribution >= 4 is 15.9 Å². The number of halogens is 2. The highest BCUT2D eigenvalue weighted by Crippen LogP contribution is 2.27. The van der Waals surface area contributed by atoms with Crippen molar-refractivity contribution in [1.29, 1.82) is 0 Å². The minimum atomic E-state index is -0.172. The first-order valence-electron chi connectivity index (χ1n) is 6.98. The molecule has 0 amide bonds. The van der Waals surface area contributed by atoms with E-state index < -0.39 is 0 Å². The van der Waals surface area contributed by atoms with Crippen molar-refractivity contribution < 1.29 is 9.13 Å². The summed E-state index contributed by atoms with van der Waals surface area (Å²) in [7, 11) is 1.91. The molecule has 0 aromatic heterocycles. The number of ether oxygens (including phenoxy) is 1. The lowest BCUT2D eigenvalue weighted by atomic mass is 9.96. The maximum absolute atomic E-state index is 14.0. The molecule has 21 heavy (non-hydrogen) atoms. The molecule has 0 bridgehead atoms. The fourth-order valence-electron chi connectivity index (χ4n) is 2.70. The second-order valence-electron chi connectivity index (χ2n) is 5.30. The molecule has 0 radical (unpaired) electrons. The van der Waals surface area contributed by atoms with Crippen molar-refractivity contribution in [3.8, 4) is 0 Å². The van der Waals surface area contributed by atoms with Crippen LogP contribution < -0.4 is 5.32 Å². The fraction of sp³-hybridized carbons (Fsp3) is 0.294. The van der Waals surface area contributed by atoms with Gasteiger partial charge in [-0.15, -0.1) is 0 Å². The van der Waals surface area contributed by atoms with Crippen molar-refractivity contribution in [2.24, 2.45) is 0 Å². The van der Waals surface area contributed by atoms with Crippen molar-refractivity contribution in [2.75, 3.05) is 7.05 Å². The Bertz CT molecular complexity index is 659. The predicted molar refractivity (Wildman–Crippen MR) is 84.5 cm³/mol. The molecule has 0 aliphatic carbocycles. The Balaban J connectivity index is 1.85. The minimum Gasteiger partial charge on any atom is -0.372 e. The second-order valence-corrected chi connectivity index (χ2v) is 6.22. The summed E-state index contributed by atoms with van der Waals surface area (Å²) < 4.78 is 20.2. The molecule has 110 valence electrons. The first kappa shape index (κ1) is 14.7. The molecule has 3 rings (SSSR count). The van der Waals surface area contributed by atoms with Gasteiger partial charge in [-0.1, -0.05) is 40.2 Å². The van der Waals surface area contributed by atoms with E-state index in [1.165, 1.54) is 22.8 Å². The van der Waals surface area contributed by atoms with Crippen LogP contribution in [0, 0.1) is 5.82 Å². The Morgan fingerprint density at radius 1 is 1.19 bits per heavy atom. The topological polar surface area (TPSA) is 21.3 Å². The largest absolute Gasteiger partial charge is 0.372 e. The zero-order chi connectivity index (χ0) is 14.8. The third-order valence-corrected chi connectivity index (χ3v) is 4.43. The molecule has 1 unspecified atom stereocenters. The fourth-order valence-corrected chi connectivity index (χ4v) is 3.04. The molecule has 1 N–H and O–H groups in total. The number of fused-ring (bicyclic) bond motifs is 1. The summed E-state index contributed by atoms with van der Waals surface area (Å²) in [4.78, 5) is 0. The molecule has 2 aromatic carbocycles. The van der Waals surface area contributed by atoms with Crippen LogP contribution in [-0.4, -0.2) is 7.05 Å². The van der Waals surface area contributed by atoms with Crippen LogP contribution in [0.25, 0.3) is 0 Å². The third-order valence-electron chi connectivity index (χ3n) is 3.94. The molecule has 2 aromatic rings. The van der Waals surface area contributed by atoms with E-state index in [2.05, 4.69) is 39.4 Å². The molecule has 0 spiro atoms. The van der Waals surface area contributed by atoms with Crippen LogP contribution in [0.15, 0.2) is 40.9 Å². The van der Waals surface area contributed by atoms with Gasteiger partial charge in [-0.2, -0.15) is 0 Å². The molecule has 1 heterocycles. The lowest BCUT2D eigenvalue weighted by Crippen LogP contribution is -2.19. The summed E-state index contributed by atoms with van der Waals surface area (Å²) in [6, 6.07) is 11.7. The maximum atomic E-state index is 14.0. The van der Waals surface area contributed by atoms with E-state index in [0.717, 1.165) is 4.47 Å². The van der Waals surface area contributed by atoms with Gasteiger partial charge < -0.3 is 10.1 Å². The molecule has 0 fully saturated rings. The van der Waals surface area contributed by atoms with E-state index in [9.17, 15) is 4.39 Å². The highest BCUT2D eigenvalue weighted by atomic mass is 79.9. The normalized spacial score (nSPS) is 15.0. The highest BCUT2D eigenvalue weighted by molar-refractivity contribution is 9.10. The SMILES string of the molecule is CNC(Cc1ccc(Br)cc1F)c1ccc2c(c1)COC2. The molecular weight excluding hydrogens is 333 g/mol. The molecule has 2 nitrogen and oxygen atoms in total. The van der Waals surface area contributed by atoms with E-state index in [1.54, 1.807) is 0 Å². The van der Waals surface area contributed by atoms with E-state index >= 15 is 0 Å². The average molecular weight is 350 g/mol. The third kappa shape index (κ3) is 3.18. The molecular formula is C17H17BrFNO. The molecule has 0 saturated heterocycles. The molecule has 1 atom stereocenters. The van der Waals surface area contributed by atoms with Crippen molar-refractivity contribution in [3.05, 3.63) is 68.9 Å². The van der Waals surface area contributed by atoms with Gasteiger partial charge in [0.15, 0.2) is 0 Å². The summed E-state index contributed by atoms with van der Waals surface area (Å²) in [5.74, 6) is -0.172.